The normalized spacial score (nSPS) is 17.2. The fourth-order valence-corrected chi connectivity index (χ4v) is 5.81. The van der Waals surface area contributed by atoms with Gasteiger partial charge in [-0.1, -0.05) is 41.7 Å². The number of hydrogen-bond acceptors (Lipinski definition) is 7. The maximum Gasteiger partial charge on any atom is 0.358 e. The van der Waals surface area contributed by atoms with Gasteiger partial charge in [-0.25, -0.2) is 22.2 Å². The molecule has 10 heteroatoms. The van der Waals surface area contributed by atoms with Crippen molar-refractivity contribution >= 4 is 32.8 Å². The lowest BCUT2D eigenvalue weighted by Crippen LogP contribution is -2.37. The smallest absolute Gasteiger partial charge is 0.358 e. The Morgan fingerprint density at radius 2 is 1.87 bits per heavy atom. The average molecular weight is 544 g/mol. The Hall–Kier alpha value is -4.46. The highest BCUT2D eigenvalue weighted by atomic mass is 32.2. The molecule has 3 heterocycles. The number of methoxy groups -OCH3 is 1. The molecule has 39 heavy (non-hydrogen) atoms. The summed E-state index contributed by atoms with van der Waals surface area (Å²) < 4.78 is 32.9. The number of benzene rings is 2. The number of aromatic nitrogens is 2. The molecule has 4 aromatic rings. The zero-order chi connectivity index (χ0) is 27.9. The van der Waals surface area contributed by atoms with Crippen molar-refractivity contribution in [2.75, 3.05) is 20.7 Å². The van der Waals surface area contributed by atoms with E-state index in [-0.39, 0.29) is 22.5 Å². The van der Waals surface area contributed by atoms with E-state index in [1.165, 1.54) is 30.3 Å². The highest BCUT2D eigenvalue weighted by molar-refractivity contribution is 7.90. The Morgan fingerprint density at radius 3 is 2.54 bits per heavy atom. The van der Waals surface area contributed by atoms with Crippen LogP contribution < -0.4 is 0 Å². The van der Waals surface area contributed by atoms with Gasteiger partial charge >= 0.3 is 5.97 Å². The Balaban J connectivity index is 1.60. The van der Waals surface area contributed by atoms with E-state index in [1.54, 1.807) is 55.6 Å². The molecule has 1 amide bonds. The van der Waals surface area contributed by atoms with Gasteiger partial charge in [0.25, 0.3) is 15.9 Å². The lowest BCUT2D eigenvalue weighted by molar-refractivity contribution is -0.137. The van der Waals surface area contributed by atoms with Gasteiger partial charge in [-0.3, -0.25) is 4.79 Å². The number of fused-ring (bicyclic) bond motifs is 1. The fourth-order valence-electron chi connectivity index (χ4n) is 4.45. The topological polar surface area (TPSA) is 119 Å². The number of rotatable bonds is 4. The molecule has 1 aliphatic rings. The Kier molecular flexibility index (Phi) is 6.50. The molecule has 0 unspecified atom stereocenters. The number of nitrogens with zero attached hydrogens (tertiary/aromatic N) is 3. The van der Waals surface area contributed by atoms with Crippen molar-refractivity contribution < 1.29 is 27.9 Å². The molecular formula is C29H25N3O6S. The summed E-state index contributed by atoms with van der Waals surface area (Å²) >= 11 is 0. The van der Waals surface area contributed by atoms with Gasteiger partial charge in [0, 0.05) is 42.7 Å². The molecule has 1 atom stereocenters. The summed E-state index contributed by atoms with van der Waals surface area (Å²) in [5.74, 6) is 4.33. The Morgan fingerprint density at radius 1 is 1.13 bits per heavy atom. The molecular weight excluding hydrogens is 518 g/mol. The van der Waals surface area contributed by atoms with Crippen LogP contribution in [0.25, 0.3) is 22.2 Å². The molecule has 9 nitrogen and oxygen atoms in total. The first-order valence-electron chi connectivity index (χ1n) is 12.1. The van der Waals surface area contributed by atoms with Crippen LogP contribution in [-0.2, 0) is 19.6 Å². The van der Waals surface area contributed by atoms with Gasteiger partial charge in [0.1, 0.15) is 0 Å². The van der Waals surface area contributed by atoms with Crippen molar-refractivity contribution in [3.8, 4) is 23.1 Å². The molecule has 1 aliphatic heterocycles. The molecule has 0 spiro atoms. The third-order valence-corrected chi connectivity index (χ3v) is 8.36. The number of aryl methyl sites for hydroxylation is 1. The van der Waals surface area contributed by atoms with E-state index in [9.17, 15) is 23.1 Å². The molecule has 2 aromatic carbocycles. The number of pyridine rings is 1. The van der Waals surface area contributed by atoms with Crippen LogP contribution in [0.15, 0.2) is 71.8 Å². The van der Waals surface area contributed by atoms with E-state index >= 15 is 0 Å². The summed E-state index contributed by atoms with van der Waals surface area (Å²) in [6.45, 7) is 2.28. The van der Waals surface area contributed by atoms with Crippen LogP contribution >= 0.6 is 0 Å². The molecule has 0 aliphatic carbocycles. The van der Waals surface area contributed by atoms with Crippen LogP contribution in [0, 0.1) is 18.8 Å². The Labute approximate surface area is 225 Å². The van der Waals surface area contributed by atoms with Crippen molar-refractivity contribution in [3.05, 3.63) is 83.7 Å². The number of amides is 1. The van der Waals surface area contributed by atoms with Gasteiger partial charge in [0.05, 0.1) is 23.2 Å². The van der Waals surface area contributed by atoms with Gasteiger partial charge in [-0.05, 0) is 43.3 Å². The second-order valence-electron chi connectivity index (χ2n) is 9.38. The number of hydrogen-bond donors (Lipinski definition) is 1. The first-order valence-corrected chi connectivity index (χ1v) is 13.5. The van der Waals surface area contributed by atoms with Crippen LogP contribution in [0.2, 0.25) is 0 Å². The molecule has 0 saturated carbocycles. The van der Waals surface area contributed by atoms with Crippen molar-refractivity contribution in [1.29, 1.82) is 0 Å². The van der Waals surface area contributed by atoms with Crippen LogP contribution in [0.1, 0.15) is 28.0 Å². The maximum absolute atomic E-state index is 13.5. The number of aliphatic hydroxyl groups is 1. The van der Waals surface area contributed by atoms with E-state index in [0.29, 0.717) is 28.8 Å². The number of likely N-dealkylation sites (tertiary alicyclic amines) is 1. The first-order chi connectivity index (χ1) is 18.5. The zero-order valence-corrected chi connectivity index (χ0v) is 22.3. The minimum absolute atomic E-state index is 0.0744. The summed E-state index contributed by atoms with van der Waals surface area (Å²) in [7, 11) is -1.21. The van der Waals surface area contributed by atoms with Crippen molar-refractivity contribution in [2.45, 2.75) is 23.8 Å². The summed E-state index contributed by atoms with van der Waals surface area (Å²) in [4.78, 5) is 31.0. The molecule has 1 fully saturated rings. The summed E-state index contributed by atoms with van der Waals surface area (Å²) in [6, 6.07) is 16.6. The zero-order valence-electron chi connectivity index (χ0n) is 21.5. The van der Waals surface area contributed by atoms with Gasteiger partial charge in [-0.15, -0.1) is 0 Å². The molecule has 0 radical (unpaired) electrons. The summed E-state index contributed by atoms with van der Waals surface area (Å²) in [5, 5.41) is 11.1. The quantitative estimate of drug-likeness (QED) is 0.311. The van der Waals surface area contributed by atoms with Crippen molar-refractivity contribution in [2.24, 2.45) is 0 Å². The average Bonchev–Trinajstić information content (AvgIpc) is 3.49. The molecule has 198 valence electrons. The third kappa shape index (κ3) is 4.67. The van der Waals surface area contributed by atoms with E-state index in [2.05, 4.69) is 16.8 Å². The van der Waals surface area contributed by atoms with Gasteiger partial charge in [0.15, 0.2) is 5.69 Å². The number of carbonyl (C=O) groups is 2. The van der Waals surface area contributed by atoms with E-state index in [0.717, 1.165) is 9.54 Å². The van der Waals surface area contributed by atoms with Gasteiger partial charge < -0.3 is 14.7 Å². The second-order valence-corrected chi connectivity index (χ2v) is 11.2. The Bertz CT molecular complexity index is 1800. The van der Waals surface area contributed by atoms with E-state index in [1.807, 2.05) is 6.92 Å². The van der Waals surface area contributed by atoms with Crippen molar-refractivity contribution in [1.82, 2.24) is 13.9 Å². The SMILES string of the molecule is COC(=O)c1nc(-c2cccc(C#C[C@]3(O)CCN(C)C3=O)c2)cc2ccn(S(=O)(=O)c3ccc(C)cc3)c12. The maximum atomic E-state index is 13.5. The van der Waals surface area contributed by atoms with Crippen molar-refractivity contribution in [3.63, 3.8) is 0 Å². The summed E-state index contributed by atoms with van der Waals surface area (Å²) in [5.41, 5.74) is 0.660. The monoisotopic (exact) mass is 543 g/mol. The van der Waals surface area contributed by atoms with Crippen LogP contribution in [-0.4, -0.2) is 65.6 Å². The van der Waals surface area contributed by atoms with E-state index in [4.69, 9.17) is 4.74 Å². The molecule has 1 saturated heterocycles. The lowest BCUT2D eigenvalue weighted by atomic mass is 10.0. The lowest BCUT2D eigenvalue weighted by Gasteiger charge is -2.13. The van der Waals surface area contributed by atoms with Gasteiger partial charge in [-0.2, -0.15) is 0 Å². The summed E-state index contributed by atoms with van der Waals surface area (Å²) in [6.07, 6.45) is 1.61. The molecule has 2 aromatic heterocycles. The van der Waals surface area contributed by atoms with E-state index < -0.39 is 27.5 Å². The number of esters is 1. The molecule has 1 N–H and O–H groups in total. The van der Waals surface area contributed by atoms with Crippen LogP contribution in [0.4, 0.5) is 0 Å². The molecule has 5 rings (SSSR count). The minimum Gasteiger partial charge on any atom is -0.464 e. The second kappa shape index (κ2) is 9.69. The third-order valence-electron chi connectivity index (χ3n) is 6.67. The first kappa shape index (κ1) is 26.2. The predicted octanol–water partition coefficient (Wildman–Crippen LogP) is 2.98. The molecule has 0 bridgehead atoms. The standard InChI is InChI=1S/C29H25N3O6S/c1-19-7-9-23(10-8-19)39(36,37)32-15-12-22-18-24(30-25(26(22)32)27(33)38-3)21-6-4-5-20(17-21)11-13-29(35)14-16-31(2)28(29)34/h4-10,12,15,17-18,35H,14,16H2,1-3H3/t29-/m0/s1. The number of carbonyl (C=O) groups excluding carboxylic acids is 2. The minimum atomic E-state index is -4.02. The van der Waals surface area contributed by atoms with Gasteiger partial charge in [0.2, 0.25) is 5.60 Å². The highest BCUT2D eigenvalue weighted by Gasteiger charge is 2.42. The highest BCUT2D eigenvalue weighted by Crippen LogP contribution is 2.30. The fraction of sp³-hybridized carbons (Fsp3) is 0.207. The van der Waals surface area contributed by atoms with Crippen LogP contribution in [0.3, 0.4) is 0 Å². The predicted molar refractivity (Wildman–Crippen MR) is 144 cm³/mol. The number of ether oxygens (including phenoxy) is 1. The number of likely N-dealkylation sites (N-methyl/N-ethyl adjacent to an activating group) is 1. The largest absolute Gasteiger partial charge is 0.464 e. The van der Waals surface area contributed by atoms with Crippen LogP contribution in [0.5, 0.6) is 0 Å².